The summed E-state index contributed by atoms with van der Waals surface area (Å²) >= 11 is 0. The lowest BCUT2D eigenvalue weighted by atomic mass is 9.77. The van der Waals surface area contributed by atoms with Crippen LogP contribution in [0.4, 0.5) is 0 Å². The van der Waals surface area contributed by atoms with E-state index < -0.39 is 0 Å². The molecule has 94 valence electrons. The van der Waals surface area contributed by atoms with Gasteiger partial charge >= 0.3 is 0 Å². The van der Waals surface area contributed by atoms with Gasteiger partial charge in [0.05, 0.1) is 6.10 Å². The Morgan fingerprint density at radius 2 is 1.56 bits per heavy atom. The molecule has 0 amide bonds. The molecule has 1 heterocycles. The average Bonchev–Trinajstić information content (AvgIpc) is 2.44. The summed E-state index contributed by atoms with van der Waals surface area (Å²) in [5.41, 5.74) is 0. The number of rotatable bonds is 1. The van der Waals surface area contributed by atoms with E-state index in [4.69, 9.17) is 0 Å². The van der Waals surface area contributed by atoms with E-state index in [1.165, 1.54) is 45.2 Å². The van der Waals surface area contributed by atoms with E-state index in [-0.39, 0.29) is 6.10 Å². The summed E-state index contributed by atoms with van der Waals surface area (Å²) in [6.07, 6.45) is 7.62. The molecule has 0 aromatic heterocycles. The first-order valence-electron chi connectivity index (χ1n) is 7.10. The van der Waals surface area contributed by atoms with Gasteiger partial charge in [-0.05, 0) is 50.6 Å². The quantitative estimate of drug-likeness (QED) is 0.741. The van der Waals surface area contributed by atoms with Crippen molar-refractivity contribution < 1.29 is 5.11 Å². The van der Waals surface area contributed by atoms with E-state index in [0.717, 1.165) is 6.42 Å². The number of aliphatic hydroxyl groups is 1. The highest BCUT2D eigenvalue weighted by atomic mass is 16.3. The van der Waals surface area contributed by atoms with Crippen LogP contribution in [0, 0.1) is 11.8 Å². The molecule has 2 nitrogen and oxygen atoms in total. The molecule has 0 bridgehead atoms. The Morgan fingerprint density at radius 3 is 2.12 bits per heavy atom. The Bertz CT molecular complexity index is 199. The van der Waals surface area contributed by atoms with E-state index in [9.17, 15) is 5.11 Å². The lowest BCUT2D eigenvalue weighted by Gasteiger charge is -2.43. The van der Waals surface area contributed by atoms with Crippen molar-refractivity contribution in [3.05, 3.63) is 0 Å². The Hall–Kier alpha value is -0.0800. The molecule has 4 atom stereocenters. The Morgan fingerprint density at radius 1 is 0.938 bits per heavy atom. The van der Waals surface area contributed by atoms with Gasteiger partial charge in [0.25, 0.3) is 0 Å². The van der Waals surface area contributed by atoms with Gasteiger partial charge in [-0.3, -0.25) is 4.90 Å². The summed E-state index contributed by atoms with van der Waals surface area (Å²) in [7, 11) is 0. The first-order chi connectivity index (χ1) is 7.68. The van der Waals surface area contributed by atoms with Gasteiger partial charge in [-0.2, -0.15) is 0 Å². The number of hydrogen-bond donors (Lipinski definition) is 1. The first-order valence-corrected chi connectivity index (χ1v) is 7.10. The van der Waals surface area contributed by atoms with E-state index in [0.29, 0.717) is 17.9 Å². The highest BCUT2D eigenvalue weighted by Crippen LogP contribution is 2.33. The van der Waals surface area contributed by atoms with Crippen molar-refractivity contribution >= 4 is 0 Å². The maximum absolute atomic E-state index is 10.3. The summed E-state index contributed by atoms with van der Waals surface area (Å²) in [6.45, 7) is 7.02. The van der Waals surface area contributed by atoms with Crippen LogP contribution in [0.25, 0.3) is 0 Å². The third-order valence-corrected chi connectivity index (χ3v) is 4.46. The minimum absolute atomic E-state index is 0.0863. The van der Waals surface area contributed by atoms with Crippen LogP contribution in [0.2, 0.25) is 0 Å². The van der Waals surface area contributed by atoms with Crippen molar-refractivity contribution in [3.63, 3.8) is 0 Å². The van der Waals surface area contributed by atoms with Gasteiger partial charge in [0.1, 0.15) is 0 Å². The molecule has 16 heavy (non-hydrogen) atoms. The van der Waals surface area contributed by atoms with Crippen LogP contribution in [-0.4, -0.2) is 35.2 Å². The molecule has 2 fully saturated rings. The molecule has 1 aliphatic heterocycles. The fourth-order valence-corrected chi connectivity index (χ4v) is 3.80. The van der Waals surface area contributed by atoms with Crippen LogP contribution in [0.5, 0.6) is 0 Å². The van der Waals surface area contributed by atoms with Crippen LogP contribution in [0.3, 0.4) is 0 Å². The molecule has 0 radical (unpaired) electrons. The predicted molar refractivity (Wildman–Crippen MR) is 67.4 cm³/mol. The summed E-state index contributed by atoms with van der Waals surface area (Å²) in [6, 6.07) is 0.439. The fourth-order valence-electron chi connectivity index (χ4n) is 3.80. The Balaban J connectivity index is 1.99. The molecule has 1 N–H and O–H groups in total. The van der Waals surface area contributed by atoms with E-state index in [1.807, 2.05) is 0 Å². The van der Waals surface area contributed by atoms with Gasteiger partial charge in [0.2, 0.25) is 0 Å². The van der Waals surface area contributed by atoms with Crippen LogP contribution >= 0.6 is 0 Å². The largest absolute Gasteiger partial charge is 0.391 e. The zero-order valence-electron chi connectivity index (χ0n) is 10.9. The normalized spacial score (nSPS) is 42.9. The molecule has 0 aromatic rings. The van der Waals surface area contributed by atoms with Crippen molar-refractivity contribution in [1.29, 1.82) is 0 Å². The van der Waals surface area contributed by atoms with E-state index in [1.54, 1.807) is 0 Å². The average molecular weight is 225 g/mol. The molecular formula is C14H27NO. The second-order valence-electron chi connectivity index (χ2n) is 6.06. The van der Waals surface area contributed by atoms with Crippen molar-refractivity contribution in [3.8, 4) is 0 Å². The smallest absolute Gasteiger partial charge is 0.0700 e. The Labute approximate surface area is 100 Å². The molecule has 0 aromatic carbocycles. The van der Waals surface area contributed by atoms with Crippen molar-refractivity contribution in [2.75, 3.05) is 13.1 Å². The van der Waals surface area contributed by atoms with Crippen molar-refractivity contribution in [2.45, 2.75) is 64.5 Å². The lowest BCUT2D eigenvalue weighted by molar-refractivity contribution is -0.0231. The standard InChI is InChI=1S/C14H27NO/c1-11-9-12(2)14(13(16)10-11)15-7-5-3-4-6-8-15/h11-14,16H,3-10H2,1-2H3. The van der Waals surface area contributed by atoms with Gasteiger partial charge in [0.15, 0.2) is 0 Å². The maximum Gasteiger partial charge on any atom is 0.0700 e. The minimum Gasteiger partial charge on any atom is -0.391 e. The predicted octanol–water partition coefficient (Wildman–Crippen LogP) is 2.66. The number of likely N-dealkylation sites (tertiary alicyclic amines) is 1. The topological polar surface area (TPSA) is 23.5 Å². The number of nitrogens with zero attached hydrogens (tertiary/aromatic N) is 1. The molecule has 1 saturated heterocycles. The SMILES string of the molecule is CC1CC(C)C(N2CCCCCC2)C(O)C1. The van der Waals surface area contributed by atoms with Crippen LogP contribution in [0.1, 0.15) is 52.4 Å². The van der Waals surface area contributed by atoms with Gasteiger partial charge in [-0.1, -0.05) is 26.7 Å². The minimum atomic E-state index is -0.0863. The van der Waals surface area contributed by atoms with Crippen molar-refractivity contribution in [1.82, 2.24) is 4.90 Å². The summed E-state index contributed by atoms with van der Waals surface area (Å²) in [5.74, 6) is 1.37. The van der Waals surface area contributed by atoms with Crippen LogP contribution < -0.4 is 0 Å². The summed E-state index contributed by atoms with van der Waals surface area (Å²) in [5, 5.41) is 10.3. The first kappa shape index (κ1) is 12.4. The molecule has 2 heteroatoms. The summed E-state index contributed by atoms with van der Waals surface area (Å²) in [4.78, 5) is 2.58. The lowest BCUT2D eigenvalue weighted by Crippen LogP contribution is -2.51. The van der Waals surface area contributed by atoms with Crippen molar-refractivity contribution in [2.24, 2.45) is 11.8 Å². The highest BCUT2D eigenvalue weighted by molar-refractivity contribution is 4.90. The van der Waals surface area contributed by atoms with Gasteiger partial charge < -0.3 is 5.11 Å². The van der Waals surface area contributed by atoms with E-state index in [2.05, 4.69) is 18.7 Å². The summed E-state index contributed by atoms with van der Waals surface area (Å²) < 4.78 is 0. The number of aliphatic hydroxyl groups excluding tert-OH is 1. The third-order valence-electron chi connectivity index (χ3n) is 4.46. The van der Waals surface area contributed by atoms with Gasteiger partial charge in [0, 0.05) is 6.04 Å². The Kier molecular flexibility index (Phi) is 4.26. The molecular weight excluding hydrogens is 198 g/mol. The third kappa shape index (κ3) is 2.78. The molecule has 2 aliphatic rings. The second-order valence-corrected chi connectivity index (χ2v) is 6.06. The zero-order chi connectivity index (χ0) is 11.5. The monoisotopic (exact) mass is 225 g/mol. The number of hydrogen-bond acceptors (Lipinski definition) is 2. The van der Waals surface area contributed by atoms with Crippen LogP contribution in [0.15, 0.2) is 0 Å². The molecule has 0 spiro atoms. The van der Waals surface area contributed by atoms with Gasteiger partial charge in [-0.25, -0.2) is 0 Å². The molecule has 2 rings (SSSR count). The van der Waals surface area contributed by atoms with Crippen LogP contribution in [-0.2, 0) is 0 Å². The fraction of sp³-hybridized carbons (Fsp3) is 1.00. The second kappa shape index (κ2) is 5.50. The van der Waals surface area contributed by atoms with Gasteiger partial charge in [-0.15, -0.1) is 0 Å². The molecule has 1 saturated carbocycles. The molecule has 1 aliphatic carbocycles. The maximum atomic E-state index is 10.3. The molecule has 4 unspecified atom stereocenters. The zero-order valence-corrected chi connectivity index (χ0v) is 10.9. The highest BCUT2D eigenvalue weighted by Gasteiger charge is 2.36. The van der Waals surface area contributed by atoms with E-state index >= 15 is 0 Å².